The third-order valence-corrected chi connectivity index (χ3v) is 20.2. The second kappa shape index (κ2) is 29.6. The first-order valence-corrected chi connectivity index (χ1v) is 33.3. The molecule has 85 heavy (non-hydrogen) atoms. The maximum atomic E-state index is 15.5. The molecule has 5 N–H and O–H groups in total. The van der Waals surface area contributed by atoms with Gasteiger partial charge in [0, 0.05) is 41.5 Å². The van der Waals surface area contributed by atoms with Crippen LogP contribution in [0.1, 0.15) is 238 Å². The van der Waals surface area contributed by atoms with Gasteiger partial charge >= 0.3 is 29.8 Å². The number of nitrogens with zero attached hydrogens (tertiary/aromatic N) is 1. The highest BCUT2D eigenvalue weighted by molar-refractivity contribution is 8.00. The van der Waals surface area contributed by atoms with Crippen molar-refractivity contribution in [2.75, 3.05) is 23.4 Å². The van der Waals surface area contributed by atoms with Crippen molar-refractivity contribution in [1.82, 2.24) is 10.3 Å². The SMILES string of the molecule is CCC(C)(C)C(=O)OCCSC(C)C(=O)NC1=NC(=Cc2[nH]c(NC(=O)CCCCSC(CC(=O)O)C(=O)O)c(C(=O)OC3C(C(C)(C)C)CC(C)CC3C(C)(C)C)c2C(C)C)C(C(C)C)=C1C(=O)OC1C(C(C)(C)C)CC(C)CC1C(C)(C)C. The van der Waals surface area contributed by atoms with Crippen molar-refractivity contribution in [3.8, 4) is 0 Å². The number of amidine groups is 1. The number of aromatic amines is 1. The molecule has 1 aromatic heterocycles. The molecule has 2 saturated carbocycles. The minimum atomic E-state index is -1.21. The Morgan fingerprint density at radius 3 is 1.61 bits per heavy atom. The number of carbonyl (C=O) groups is 7. The number of H-pyrrole nitrogens is 1. The maximum absolute atomic E-state index is 15.5. The second-order valence-corrected chi connectivity index (χ2v) is 33.0. The van der Waals surface area contributed by atoms with Crippen LogP contribution in [0.2, 0.25) is 0 Å². The molecule has 480 valence electrons. The molecule has 0 aromatic carbocycles. The minimum absolute atomic E-state index is 0.0148. The lowest BCUT2D eigenvalue weighted by atomic mass is 9.59. The van der Waals surface area contributed by atoms with Crippen LogP contribution in [0, 0.1) is 68.5 Å². The van der Waals surface area contributed by atoms with Crippen molar-refractivity contribution < 1.29 is 58.0 Å². The summed E-state index contributed by atoms with van der Waals surface area (Å²) in [5.41, 5.74) is 0.664. The number of aromatic nitrogens is 1. The first-order chi connectivity index (χ1) is 39.0. The summed E-state index contributed by atoms with van der Waals surface area (Å²) in [7, 11) is 0. The largest absolute Gasteiger partial charge is 0.481 e. The van der Waals surface area contributed by atoms with Crippen molar-refractivity contribution in [2.24, 2.45) is 73.5 Å². The molecule has 6 atom stereocenters. The molecule has 2 amide bonds. The number of ether oxygens (including phenoxy) is 3. The molecule has 2 aliphatic carbocycles. The number of carboxylic acid groups (broad SMARTS) is 2. The van der Waals surface area contributed by atoms with Gasteiger partial charge in [0.25, 0.3) is 0 Å². The molecule has 6 unspecified atom stereocenters. The Morgan fingerprint density at radius 2 is 1.18 bits per heavy atom. The standard InChI is InChI=1S/C67H108N4O12S2/c1-23-67(21,22)62(80)81-27-29-84-40(8)58(75)71-57-53(61(79)83-55-43(65(15,16)17)32-39(7)33-44(55)66(18,19)20)51(37(4)5)46(69-57)34-45-50(36(2)3)52(56(68-45)70-48(72)26-24-25-28-85-47(59(76)77)35-49(73)74)60(78)82-54-41(63(9,10)11)30-38(6)31-42(54)64(12,13)14/h34,36-44,47,54-55,68H,23-33,35H2,1-22H3,(H,70,72)(H,73,74)(H,76,77)(H,69,71,75). The topological polar surface area (TPSA) is 240 Å². The summed E-state index contributed by atoms with van der Waals surface area (Å²) in [5.74, 6) is -3.72. The van der Waals surface area contributed by atoms with E-state index in [0.717, 1.165) is 37.4 Å². The van der Waals surface area contributed by atoms with Gasteiger partial charge in [0.1, 0.15) is 46.9 Å². The van der Waals surface area contributed by atoms with Crippen LogP contribution in [0.5, 0.6) is 0 Å². The first-order valence-electron chi connectivity index (χ1n) is 31.2. The normalized spacial score (nSPS) is 23.8. The number of aliphatic imine (C=N–C) groups is 1. The average molecular weight is 1230 g/mol. The lowest BCUT2D eigenvalue weighted by Gasteiger charge is -2.50. The second-order valence-electron chi connectivity index (χ2n) is 30.2. The molecule has 0 spiro atoms. The van der Waals surface area contributed by atoms with Crippen molar-refractivity contribution in [3.63, 3.8) is 0 Å². The number of rotatable bonds is 24. The van der Waals surface area contributed by atoms with Crippen LogP contribution >= 0.6 is 23.5 Å². The first kappa shape index (κ1) is 72.9. The van der Waals surface area contributed by atoms with E-state index in [-0.39, 0.29) is 99.0 Å². The van der Waals surface area contributed by atoms with Gasteiger partial charge in [-0.3, -0.25) is 24.0 Å². The van der Waals surface area contributed by atoms with Crippen LogP contribution < -0.4 is 10.6 Å². The number of unbranched alkanes of at least 4 members (excludes halogenated alkanes) is 1. The molecule has 3 aliphatic rings. The molecule has 1 aromatic rings. The van der Waals surface area contributed by atoms with Gasteiger partial charge < -0.3 is 40.0 Å². The maximum Gasteiger partial charge on any atom is 0.342 e. The molecule has 1 aliphatic heterocycles. The number of anilines is 1. The number of nitrogens with one attached hydrogen (secondary N) is 3. The molecule has 16 nitrogen and oxygen atoms in total. The van der Waals surface area contributed by atoms with Crippen molar-refractivity contribution in [3.05, 3.63) is 33.7 Å². The fourth-order valence-electron chi connectivity index (χ4n) is 12.5. The fraction of sp³-hybridized carbons (Fsp3) is 0.761. The van der Waals surface area contributed by atoms with Gasteiger partial charge in [0.05, 0.1) is 22.8 Å². The number of hydrogen-bond acceptors (Lipinski definition) is 13. The monoisotopic (exact) mass is 1220 g/mol. The van der Waals surface area contributed by atoms with Crippen LogP contribution in [0.3, 0.4) is 0 Å². The molecule has 0 saturated heterocycles. The van der Waals surface area contributed by atoms with Crippen LogP contribution in [0.25, 0.3) is 6.08 Å². The summed E-state index contributed by atoms with van der Waals surface area (Å²) >= 11 is 2.33. The van der Waals surface area contributed by atoms with Gasteiger partial charge in [0.15, 0.2) is 0 Å². The van der Waals surface area contributed by atoms with E-state index < -0.39 is 70.2 Å². The number of carboxylic acids is 2. The molecule has 0 radical (unpaired) electrons. The smallest absolute Gasteiger partial charge is 0.342 e. The van der Waals surface area contributed by atoms with Gasteiger partial charge in [-0.25, -0.2) is 14.6 Å². The average Bonchev–Trinajstić information content (AvgIpc) is 2.80. The van der Waals surface area contributed by atoms with Crippen molar-refractivity contribution in [1.29, 1.82) is 0 Å². The van der Waals surface area contributed by atoms with E-state index in [1.807, 2.05) is 48.5 Å². The van der Waals surface area contributed by atoms with Crippen molar-refractivity contribution >= 4 is 82.9 Å². The molecular weight excluding hydrogens is 1120 g/mol. The zero-order valence-electron chi connectivity index (χ0n) is 55.7. The Kier molecular flexibility index (Phi) is 25.4. The zero-order valence-corrected chi connectivity index (χ0v) is 57.4. The molecule has 18 heteroatoms. The fourth-order valence-corrected chi connectivity index (χ4v) is 14.3. The van der Waals surface area contributed by atoms with E-state index in [2.05, 4.69) is 113 Å². The van der Waals surface area contributed by atoms with Gasteiger partial charge in [-0.05, 0) is 134 Å². The summed E-state index contributed by atoms with van der Waals surface area (Å²) in [5, 5.41) is 23.1. The quantitative estimate of drug-likeness (QED) is 0.0368. The third kappa shape index (κ3) is 19.7. The predicted molar refractivity (Wildman–Crippen MR) is 344 cm³/mol. The summed E-state index contributed by atoms with van der Waals surface area (Å²) < 4.78 is 19.4. The third-order valence-electron chi connectivity index (χ3n) is 17.8. The Bertz CT molecular complexity index is 2610. The Labute approximate surface area is 518 Å². The van der Waals surface area contributed by atoms with E-state index >= 15 is 9.59 Å². The zero-order chi connectivity index (χ0) is 64.6. The van der Waals surface area contributed by atoms with Gasteiger partial charge in [-0.2, -0.15) is 0 Å². The van der Waals surface area contributed by atoms with E-state index in [1.54, 1.807) is 13.0 Å². The highest BCUT2D eigenvalue weighted by Crippen LogP contribution is 2.52. The van der Waals surface area contributed by atoms with E-state index in [9.17, 15) is 34.2 Å². The number of carbonyl (C=O) groups excluding carboxylic acids is 5. The summed E-state index contributed by atoms with van der Waals surface area (Å²) in [6.07, 6.45) is 5.23. The van der Waals surface area contributed by atoms with Gasteiger partial charge in [0.2, 0.25) is 11.8 Å². The summed E-state index contributed by atoms with van der Waals surface area (Å²) in [6, 6.07) is 0. The Morgan fingerprint density at radius 1 is 0.682 bits per heavy atom. The number of thioether (sulfide) groups is 2. The molecule has 2 fully saturated rings. The number of hydrogen-bond donors (Lipinski definition) is 5. The number of amides is 2. The summed E-state index contributed by atoms with van der Waals surface area (Å²) in [4.78, 5) is 104. The van der Waals surface area contributed by atoms with Crippen LogP contribution in [-0.4, -0.2) is 104 Å². The van der Waals surface area contributed by atoms with Gasteiger partial charge in [-0.1, -0.05) is 132 Å². The van der Waals surface area contributed by atoms with Crippen LogP contribution in [0.15, 0.2) is 21.8 Å². The Hall–Kier alpha value is -4.58. The Balaban J connectivity index is 1.95. The lowest BCUT2D eigenvalue weighted by Crippen LogP contribution is -2.50. The molecule has 4 rings (SSSR count). The van der Waals surface area contributed by atoms with Crippen molar-refractivity contribution in [2.45, 2.75) is 239 Å². The molecular formula is C67H108N4O12S2. The number of allylic oxidation sites excluding steroid dienone is 1. The highest BCUT2D eigenvalue weighted by atomic mass is 32.2. The number of aliphatic carboxylic acids is 2. The summed E-state index contributed by atoms with van der Waals surface area (Å²) in [6.45, 7) is 46.1. The lowest BCUT2D eigenvalue weighted by molar-refractivity contribution is -0.164. The highest BCUT2D eigenvalue weighted by Gasteiger charge is 2.51. The number of esters is 3. The minimum Gasteiger partial charge on any atom is -0.481 e. The van der Waals surface area contributed by atoms with Crippen LogP contribution in [0.4, 0.5) is 5.82 Å². The molecule has 0 bridgehead atoms. The molecule has 2 heterocycles. The predicted octanol–water partition coefficient (Wildman–Crippen LogP) is 14.8. The van der Waals surface area contributed by atoms with Crippen LogP contribution in [-0.2, 0) is 43.0 Å². The van der Waals surface area contributed by atoms with Gasteiger partial charge in [-0.15, -0.1) is 23.5 Å². The van der Waals surface area contributed by atoms with E-state index in [4.69, 9.17) is 19.2 Å². The van der Waals surface area contributed by atoms with E-state index in [0.29, 0.717) is 65.1 Å². The van der Waals surface area contributed by atoms with E-state index in [1.165, 1.54) is 11.8 Å².